The molecule has 0 aromatic heterocycles. The van der Waals surface area contributed by atoms with Gasteiger partial charge in [-0.3, -0.25) is 4.79 Å². The van der Waals surface area contributed by atoms with Crippen LogP contribution in [0.15, 0.2) is 0 Å². The third-order valence-corrected chi connectivity index (χ3v) is 3.10. The number of cyclic esters (lactones) is 1. The summed E-state index contributed by atoms with van der Waals surface area (Å²) in [6, 6.07) is 0. The first-order valence-corrected chi connectivity index (χ1v) is 4.80. The molecule has 3 atom stereocenters. The van der Waals surface area contributed by atoms with Crippen molar-refractivity contribution in [2.45, 2.75) is 40.1 Å². The molecular formula is C10H16O3. The molecule has 2 fully saturated rings. The van der Waals surface area contributed by atoms with Crippen molar-refractivity contribution in [3.05, 3.63) is 0 Å². The van der Waals surface area contributed by atoms with E-state index in [0.717, 1.165) is 0 Å². The lowest BCUT2D eigenvalue weighted by Crippen LogP contribution is -2.25. The van der Waals surface area contributed by atoms with Gasteiger partial charge in [-0.05, 0) is 19.3 Å². The highest BCUT2D eigenvalue weighted by atomic mass is 16.7. The molecular weight excluding hydrogens is 168 g/mol. The zero-order chi connectivity index (χ0) is 9.80. The maximum absolute atomic E-state index is 11.3. The lowest BCUT2D eigenvalue weighted by molar-refractivity contribution is -0.183. The number of hydrogen-bond donors (Lipinski definition) is 0. The summed E-state index contributed by atoms with van der Waals surface area (Å²) < 4.78 is 10.6. The lowest BCUT2D eigenvalue weighted by atomic mass is 10.1. The predicted molar refractivity (Wildman–Crippen MR) is 46.9 cm³/mol. The van der Waals surface area contributed by atoms with E-state index in [2.05, 4.69) is 13.8 Å². The average molecular weight is 184 g/mol. The molecule has 3 nitrogen and oxygen atoms in total. The summed E-state index contributed by atoms with van der Waals surface area (Å²) in [4.78, 5) is 11.3. The van der Waals surface area contributed by atoms with Crippen LogP contribution in [0.4, 0.5) is 0 Å². The molecule has 1 aliphatic heterocycles. The molecule has 1 saturated carbocycles. The third kappa shape index (κ3) is 1.17. The Morgan fingerprint density at radius 3 is 2.46 bits per heavy atom. The van der Waals surface area contributed by atoms with Crippen LogP contribution in [-0.2, 0) is 14.3 Å². The minimum absolute atomic E-state index is 0.0799. The van der Waals surface area contributed by atoms with E-state index in [9.17, 15) is 4.79 Å². The minimum atomic E-state index is -0.299. The van der Waals surface area contributed by atoms with Crippen LogP contribution in [0.5, 0.6) is 0 Å². The molecule has 3 heteroatoms. The van der Waals surface area contributed by atoms with E-state index in [4.69, 9.17) is 9.47 Å². The first kappa shape index (κ1) is 9.00. The van der Waals surface area contributed by atoms with Crippen molar-refractivity contribution in [1.29, 1.82) is 0 Å². The summed E-state index contributed by atoms with van der Waals surface area (Å²) >= 11 is 0. The highest BCUT2D eigenvalue weighted by molar-refractivity contribution is 5.80. The fourth-order valence-electron chi connectivity index (χ4n) is 2.28. The zero-order valence-corrected chi connectivity index (χ0v) is 8.53. The van der Waals surface area contributed by atoms with E-state index in [1.807, 2.05) is 13.8 Å². The van der Waals surface area contributed by atoms with Gasteiger partial charge in [0.05, 0.1) is 12.0 Å². The Morgan fingerprint density at radius 2 is 2.08 bits per heavy atom. The summed E-state index contributed by atoms with van der Waals surface area (Å²) in [5.74, 6) is 0.277. The predicted octanol–water partition coefficient (Wildman–Crippen LogP) is 1.57. The van der Waals surface area contributed by atoms with E-state index in [1.54, 1.807) is 0 Å². The van der Waals surface area contributed by atoms with Crippen LogP contribution in [0.3, 0.4) is 0 Å². The summed E-state index contributed by atoms with van der Waals surface area (Å²) in [6.07, 6.45) is -0.180. The topological polar surface area (TPSA) is 35.5 Å². The van der Waals surface area contributed by atoms with Gasteiger partial charge >= 0.3 is 5.97 Å². The van der Waals surface area contributed by atoms with Crippen LogP contribution in [0, 0.1) is 17.3 Å². The average Bonchev–Trinajstić information content (AvgIpc) is 2.31. The molecule has 13 heavy (non-hydrogen) atoms. The molecule has 0 radical (unpaired) electrons. The fraction of sp³-hybridized carbons (Fsp3) is 0.900. The zero-order valence-electron chi connectivity index (χ0n) is 8.53. The van der Waals surface area contributed by atoms with E-state index in [1.165, 1.54) is 0 Å². The van der Waals surface area contributed by atoms with Crippen molar-refractivity contribution in [2.75, 3.05) is 0 Å². The number of esters is 1. The lowest BCUT2D eigenvalue weighted by Gasteiger charge is -2.20. The number of fused-ring (bicyclic) bond motifs is 1. The molecule has 74 valence electrons. The fourth-order valence-corrected chi connectivity index (χ4v) is 2.28. The van der Waals surface area contributed by atoms with E-state index in [0.29, 0.717) is 0 Å². The van der Waals surface area contributed by atoms with Gasteiger partial charge in [-0.25, -0.2) is 0 Å². The molecule has 1 saturated heterocycles. The Kier molecular flexibility index (Phi) is 1.71. The second-order valence-electron chi connectivity index (χ2n) is 4.81. The van der Waals surface area contributed by atoms with Gasteiger partial charge in [0.15, 0.2) is 0 Å². The molecule has 0 bridgehead atoms. The maximum Gasteiger partial charge on any atom is 0.312 e. The SMILES string of the molecule is CC(C)O[C@@H]1OC(=O)[C@@H]2[C@H]1C2(C)C. The van der Waals surface area contributed by atoms with E-state index in [-0.39, 0.29) is 35.6 Å². The molecule has 2 rings (SSSR count). The van der Waals surface area contributed by atoms with Gasteiger partial charge < -0.3 is 9.47 Å². The number of carbonyl (C=O) groups excluding carboxylic acids is 1. The summed E-state index contributed by atoms with van der Waals surface area (Å²) in [5, 5.41) is 0. The van der Waals surface area contributed by atoms with Crippen molar-refractivity contribution in [3.63, 3.8) is 0 Å². The Balaban J connectivity index is 2.06. The van der Waals surface area contributed by atoms with Gasteiger partial charge in [-0.2, -0.15) is 0 Å². The first-order chi connectivity index (χ1) is 5.94. The number of carbonyl (C=O) groups is 1. The Hall–Kier alpha value is -0.570. The number of hydrogen-bond acceptors (Lipinski definition) is 3. The van der Waals surface area contributed by atoms with Crippen LogP contribution in [0.1, 0.15) is 27.7 Å². The van der Waals surface area contributed by atoms with Gasteiger partial charge in [0.1, 0.15) is 0 Å². The first-order valence-electron chi connectivity index (χ1n) is 4.80. The molecule has 2 aliphatic rings. The highest BCUT2D eigenvalue weighted by Crippen LogP contribution is 2.64. The molecule has 0 amide bonds. The number of ether oxygens (including phenoxy) is 2. The monoisotopic (exact) mass is 184 g/mol. The molecule has 0 spiro atoms. The third-order valence-electron chi connectivity index (χ3n) is 3.10. The van der Waals surface area contributed by atoms with Crippen LogP contribution in [-0.4, -0.2) is 18.4 Å². The van der Waals surface area contributed by atoms with Crippen molar-refractivity contribution < 1.29 is 14.3 Å². The van der Waals surface area contributed by atoms with E-state index < -0.39 is 0 Å². The van der Waals surface area contributed by atoms with Gasteiger partial charge in [0, 0.05) is 5.92 Å². The quantitative estimate of drug-likeness (QED) is 0.611. The van der Waals surface area contributed by atoms with Crippen LogP contribution < -0.4 is 0 Å². The van der Waals surface area contributed by atoms with Gasteiger partial charge in [-0.1, -0.05) is 13.8 Å². The molecule has 0 aromatic carbocycles. The molecule has 0 aromatic rings. The Bertz CT molecular complexity index is 245. The van der Waals surface area contributed by atoms with Crippen molar-refractivity contribution >= 4 is 5.97 Å². The Labute approximate surface area is 78.4 Å². The Morgan fingerprint density at radius 1 is 1.46 bits per heavy atom. The molecule has 1 heterocycles. The molecule has 1 aliphatic carbocycles. The smallest absolute Gasteiger partial charge is 0.312 e. The van der Waals surface area contributed by atoms with E-state index >= 15 is 0 Å². The molecule has 0 unspecified atom stereocenters. The summed E-state index contributed by atoms with van der Waals surface area (Å²) in [5.41, 5.74) is 0.0922. The maximum atomic E-state index is 11.3. The number of rotatable bonds is 2. The molecule has 0 N–H and O–H groups in total. The van der Waals surface area contributed by atoms with Crippen molar-refractivity contribution in [1.82, 2.24) is 0 Å². The van der Waals surface area contributed by atoms with Gasteiger partial charge in [0.25, 0.3) is 0 Å². The standard InChI is InChI=1S/C10H16O3/c1-5(2)12-9-7-6(8(11)13-9)10(7,3)4/h5-7,9H,1-4H3/t6-,7+,9+/m0/s1. The van der Waals surface area contributed by atoms with Crippen molar-refractivity contribution in [2.24, 2.45) is 17.3 Å². The van der Waals surface area contributed by atoms with Gasteiger partial charge in [-0.15, -0.1) is 0 Å². The highest BCUT2D eigenvalue weighted by Gasteiger charge is 2.71. The van der Waals surface area contributed by atoms with Crippen LogP contribution >= 0.6 is 0 Å². The minimum Gasteiger partial charge on any atom is -0.435 e. The van der Waals surface area contributed by atoms with Gasteiger partial charge in [0.2, 0.25) is 6.29 Å². The largest absolute Gasteiger partial charge is 0.435 e. The second kappa shape index (κ2) is 2.47. The van der Waals surface area contributed by atoms with Crippen LogP contribution in [0.25, 0.3) is 0 Å². The summed E-state index contributed by atoms with van der Waals surface area (Å²) in [6.45, 7) is 8.10. The second-order valence-corrected chi connectivity index (χ2v) is 4.81. The van der Waals surface area contributed by atoms with Crippen LogP contribution in [0.2, 0.25) is 0 Å². The van der Waals surface area contributed by atoms with Crippen molar-refractivity contribution in [3.8, 4) is 0 Å². The summed E-state index contributed by atoms with van der Waals surface area (Å²) in [7, 11) is 0. The normalized spacial score (nSPS) is 40.4.